The highest BCUT2D eigenvalue weighted by Crippen LogP contribution is 2.50. The first-order valence-corrected chi connectivity index (χ1v) is 11.0. The molecule has 0 radical (unpaired) electrons. The van der Waals surface area contributed by atoms with E-state index in [-0.39, 0.29) is 36.0 Å². The van der Waals surface area contributed by atoms with E-state index in [1.807, 2.05) is 49.4 Å². The smallest absolute Gasteiger partial charge is 0.302 e. The first-order chi connectivity index (χ1) is 14.4. The summed E-state index contributed by atoms with van der Waals surface area (Å²) >= 11 is 0. The Bertz CT molecular complexity index is 772. The Labute approximate surface area is 178 Å². The highest BCUT2D eigenvalue weighted by atomic mass is 16.8. The zero-order valence-corrected chi connectivity index (χ0v) is 18.1. The number of esters is 1. The van der Waals surface area contributed by atoms with Gasteiger partial charge in [-0.3, -0.25) is 14.4 Å². The number of hydroxylamine groups is 2. The van der Waals surface area contributed by atoms with Gasteiger partial charge in [0.15, 0.2) is 0 Å². The topological polar surface area (TPSA) is 68.3 Å². The van der Waals surface area contributed by atoms with Gasteiger partial charge < -0.3 is 14.4 Å². The van der Waals surface area contributed by atoms with Crippen LogP contribution in [0.15, 0.2) is 30.3 Å². The molecule has 3 saturated heterocycles. The summed E-state index contributed by atoms with van der Waals surface area (Å²) in [6.45, 7) is 4.58. The predicted molar refractivity (Wildman–Crippen MR) is 110 cm³/mol. The molecule has 0 N–H and O–H groups in total. The van der Waals surface area contributed by atoms with Crippen LogP contribution in [0.5, 0.6) is 0 Å². The SMILES string of the molecule is CC(=O)OCCC[C@@H]1[C@H]2CCCCN2O[C@@]12O[C@H](c1ccccc1)[C@H](C)N(C)C2=O. The molecule has 7 heteroatoms. The van der Waals surface area contributed by atoms with Gasteiger partial charge >= 0.3 is 5.97 Å². The lowest BCUT2D eigenvalue weighted by atomic mass is 9.81. The molecular weight excluding hydrogens is 384 g/mol. The molecule has 1 amide bonds. The third-order valence-corrected chi connectivity index (χ3v) is 6.77. The van der Waals surface area contributed by atoms with Crippen LogP contribution in [-0.4, -0.2) is 59.9 Å². The van der Waals surface area contributed by atoms with Crippen molar-refractivity contribution >= 4 is 11.9 Å². The number of rotatable bonds is 5. The number of morpholine rings is 1. The number of carbonyl (C=O) groups is 2. The minimum Gasteiger partial charge on any atom is -0.466 e. The molecule has 1 aromatic rings. The second-order valence-corrected chi connectivity index (χ2v) is 8.66. The van der Waals surface area contributed by atoms with E-state index in [9.17, 15) is 9.59 Å². The van der Waals surface area contributed by atoms with E-state index >= 15 is 0 Å². The van der Waals surface area contributed by atoms with Crippen LogP contribution >= 0.6 is 0 Å². The van der Waals surface area contributed by atoms with Crippen molar-refractivity contribution in [2.45, 2.75) is 69.9 Å². The lowest BCUT2D eigenvalue weighted by Crippen LogP contribution is -2.62. The van der Waals surface area contributed by atoms with E-state index < -0.39 is 5.79 Å². The van der Waals surface area contributed by atoms with Crippen molar-refractivity contribution in [1.29, 1.82) is 0 Å². The van der Waals surface area contributed by atoms with Crippen molar-refractivity contribution in [1.82, 2.24) is 9.96 Å². The van der Waals surface area contributed by atoms with E-state index in [0.717, 1.165) is 31.4 Å². The number of likely N-dealkylation sites (N-methyl/N-ethyl adjacent to an activating group) is 1. The number of amides is 1. The molecule has 3 aliphatic heterocycles. The third-order valence-electron chi connectivity index (χ3n) is 6.77. The molecule has 0 unspecified atom stereocenters. The summed E-state index contributed by atoms with van der Waals surface area (Å²) < 4.78 is 11.8. The quantitative estimate of drug-likeness (QED) is 0.543. The minimum absolute atomic E-state index is 0.103. The molecule has 3 aliphatic rings. The van der Waals surface area contributed by atoms with Crippen molar-refractivity contribution in [3.05, 3.63) is 35.9 Å². The summed E-state index contributed by atoms with van der Waals surface area (Å²) in [5, 5.41) is 1.98. The zero-order chi connectivity index (χ0) is 21.3. The molecule has 0 saturated carbocycles. The summed E-state index contributed by atoms with van der Waals surface area (Å²) in [5.74, 6) is -1.84. The fourth-order valence-electron chi connectivity index (χ4n) is 5.11. The van der Waals surface area contributed by atoms with Crippen molar-refractivity contribution in [2.75, 3.05) is 20.2 Å². The highest BCUT2D eigenvalue weighted by molar-refractivity contribution is 5.85. The van der Waals surface area contributed by atoms with Crippen LogP contribution in [0.4, 0.5) is 0 Å². The molecule has 0 bridgehead atoms. The number of hydrogen-bond acceptors (Lipinski definition) is 6. The summed E-state index contributed by atoms with van der Waals surface area (Å²) in [6, 6.07) is 10.1. The molecule has 30 heavy (non-hydrogen) atoms. The third kappa shape index (κ3) is 3.74. The number of piperidine rings is 1. The summed E-state index contributed by atoms with van der Waals surface area (Å²) in [4.78, 5) is 32.9. The molecule has 7 nitrogen and oxygen atoms in total. The lowest BCUT2D eigenvalue weighted by Gasteiger charge is -2.47. The zero-order valence-electron chi connectivity index (χ0n) is 18.1. The molecule has 4 rings (SSSR count). The molecule has 164 valence electrons. The van der Waals surface area contributed by atoms with E-state index in [0.29, 0.717) is 19.4 Å². The Balaban J connectivity index is 1.64. The van der Waals surface area contributed by atoms with Gasteiger partial charge in [0.2, 0.25) is 0 Å². The standard InChI is InChI=1S/C23H32N2O5/c1-16-21(18-10-5-4-6-11-18)29-23(22(27)24(16)3)19(12-9-15-28-17(2)26)20-13-7-8-14-25(20)30-23/h4-6,10-11,16,19-21H,7-9,12-15H2,1-3H3/t16-,19+,20+,21-,23-/m0/s1. The van der Waals surface area contributed by atoms with E-state index in [4.69, 9.17) is 14.3 Å². The van der Waals surface area contributed by atoms with Gasteiger partial charge in [-0.2, -0.15) is 5.06 Å². The summed E-state index contributed by atoms with van der Waals surface area (Å²) in [7, 11) is 1.84. The number of carbonyl (C=O) groups excluding carboxylic acids is 2. The molecule has 1 aromatic carbocycles. The van der Waals surface area contributed by atoms with E-state index in [1.54, 1.807) is 4.90 Å². The Morgan fingerprint density at radius 1 is 1.27 bits per heavy atom. The van der Waals surface area contributed by atoms with Crippen LogP contribution in [0.3, 0.4) is 0 Å². The normalized spacial score (nSPS) is 34.2. The van der Waals surface area contributed by atoms with Gasteiger partial charge in [-0.25, -0.2) is 0 Å². The van der Waals surface area contributed by atoms with Crippen molar-refractivity contribution < 1.29 is 23.9 Å². The first kappa shape index (κ1) is 21.3. The van der Waals surface area contributed by atoms with Crippen molar-refractivity contribution in [3.63, 3.8) is 0 Å². The number of nitrogens with zero attached hydrogens (tertiary/aromatic N) is 2. The fraction of sp³-hybridized carbons (Fsp3) is 0.652. The largest absolute Gasteiger partial charge is 0.466 e. The average molecular weight is 417 g/mol. The molecule has 1 spiro atoms. The number of ether oxygens (including phenoxy) is 2. The first-order valence-electron chi connectivity index (χ1n) is 11.0. The van der Waals surface area contributed by atoms with Crippen LogP contribution in [0, 0.1) is 5.92 Å². The number of benzene rings is 1. The van der Waals surface area contributed by atoms with Gasteiger partial charge in [0.05, 0.1) is 12.6 Å². The highest BCUT2D eigenvalue weighted by Gasteiger charge is 2.64. The summed E-state index contributed by atoms with van der Waals surface area (Å²) in [5.41, 5.74) is 1.04. The Morgan fingerprint density at radius 2 is 2.03 bits per heavy atom. The Morgan fingerprint density at radius 3 is 2.77 bits per heavy atom. The average Bonchev–Trinajstić information content (AvgIpc) is 3.07. The van der Waals surface area contributed by atoms with Gasteiger partial charge in [-0.1, -0.05) is 36.8 Å². The van der Waals surface area contributed by atoms with Gasteiger partial charge in [-0.15, -0.1) is 0 Å². The summed E-state index contributed by atoms with van der Waals surface area (Å²) in [6.07, 6.45) is 4.24. The van der Waals surface area contributed by atoms with Gasteiger partial charge in [0, 0.05) is 32.5 Å². The number of hydrogen-bond donors (Lipinski definition) is 0. The maximum absolute atomic E-state index is 13.6. The second-order valence-electron chi connectivity index (χ2n) is 8.66. The molecule has 5 atom stereocenters. The van der Waals surface area contributed by atoms with Gasteiger partial charge in [-0.05, 0) is 38.2 Å². The molecule has 0 aromatic heterocycles. The Hall–Kier alpha value is -1.96. The van der Waals surface area contributed by atoms with E-state index in [2.05, 4.69) is 0 Å². The van der Waals surface area contributed by atoms with Crippen LogP contribution in [0.2, 0.25) is 0 Å². The lowest BCUT2D eigenvalue weighted by molar-refractivity contribution is -0.334. The van der Waals surface area contributed by atoms with Crippen molar-refractivity contribution in [2.24, 2.45) is 5.92 Å². The molecular formula is C23H32N2O5. The van der Waals surface area contributed by atoms with Crippen LogP contribution in [0.1, 0.15) is 57.6 Å². The maximum atomic E-state index is 13.6. The van der Waals surface area contributed by atoms with Crippen molar-refractivity contribution in [3.8, 4) is 0 Å². The van der Waals surface area contributed by atoms with E-state index in [1.165, 1.54) is 6.92 Å². The second kappa shape index (κ2) is 8.65. The molecule has 3 heterocycles. The van der Waals surface area contributed by atoms with Crippen LogP contribution < -0.4 is 0 Å². The van der Waals surface area contributed by atoms with Crippen LogP contribution in [-0.2, 0) is 23.9 Å². The van der Waals surface area contributed by atoms with Gasteiger partial charge in [0.1, 0.15) is 6.10 Å². The molecule has 3 fully saturated rings. The van der Waals surface area contributed by atoms with Gasteiger partial charge in [0.25, 0.3) is 11.7 Å². The van der Waals surface area contributed by atoms with Crippen LogP contribution in [0.25, 0.3) is 0 Å². The number of fused-ring (bicyclic) bond motifs is 1. The maximum Gasteiger partial charge on any atom is 0.302 e. The minimum atomic E-state index is -1.33. The molecule has 0 aliphatic carbocycles. The fourth-order valence-corrected chi connectivity index (χ4v) is 5.11. The predicted octanol–water partition coefficient (Wildman–Crippen LogP) is 3.06. The Kier molecular flexibility index (Phi) is 6.14. The monoisotopic (exact) mass is 416 g/mol.